The fourth-order valence-electron chi connectivity index (χ4n) is 3.13. The van der Waals surface area contributed by atoms with Crippen LogP contribution in [0, 0.1) is 0 Å². The van der Waals surface area contributed by atoms with Gasteiger partial charge in [0.15, 0.2) is 0 Å². The molecule has 0 aliphatic carbocycles. The second-order valence-corrected chi connectivity index (χ2v) is 7.71. The maximum Gasteiger partial charge on any atom is -0.0169 e. The molecule has 0 N–H and O–H groups in total. The molecule has 0 saturated heterocycles. The van der Waals surface area contributed by atoms with Gasteiger partial charge in [0, 0.05) is 0 Å². The van der Waals surface area contributed by atoms with Crippen LogP contribution in [0.5, 0.6) is 0 Å². The predicted octanol–water partition coefficient (Wildman–Crippen LogP) is 9.88. The number of unbranched alkanes of at least 4 members (excludes halogenated alkanes) is 12. The minimum atomic E-state index is 1.07. The molecule has 0 radical (unpaired) electrons. The van der Waals surface area contributed by atoms with Gasteiger partial charge in [0.25, 0.3) is 0 Å². The van der Waals surface area contributed by atoms with Gasteiger partial charge in [-0.25, -0.2) is 0 Å². The van der Waals surface area contributed by atoms with E-state index in [-0.39, 0.29) is 0 Å². The molecule has 0 rings (SSSR count). The second-order valence-electron chi connectivity index (χ2n) is 7.71. The van der Waals surface area contributed by atoms with Crippen molar-refractivity contribution >= 4 is 0 Å². The van der Waals surface area contributed by atoms with Crippen LogP contribution in [-0.4, -0.2) is 0 Å². The van der Waals surface area contributed by atoms with Gasteiger partial charge in [0.05, 0.1) is 0 Å². The van der Waals surface area contributed by atoms with Crippen LogP contribution >= 0.6 is 0 Å². The number of hydrogen-bond donors (Lipinski definition) is 0. The summed E-state index contributed by atoms with van der Waals surface area (Å²) in [5, 5.41) is 0. The molecule has 0 saturated carbocycles. The van der Waals surface area contributed by atoms with Crippen molar-refractivity contribution in [2.24, 2.45) is 0 Å². The molecular formula is C27H48. The van der Waals surface area contributed by atoms with E-state index in [9.17, 15) is 0 Å². The van der Waals surface area contributed by atoms with Gasteiger partial charge in [-0.1, -0.05) is 127 Å². The van der Waals surface area contributed by atoms with Crippen LogP contribution in [0.15, 0.2) is 48.6 Å². The van der Waals surface area contributed by atoms with Crippen molar-refractivity contribution in [3.8, 4) is 0 Å². The molecule has 0 atom stereocenters. The van der Waals surface area contributed by atoms with Crippen LogP contribution in [0.4, 0.5) is 0 Å². The van der Waals surface area contributed by atoms with Gasteiger partial charge in [0.2, 0.25) is 0 Å². The highest BCUT2D eigenvalue weighted by Gasteiger charge is 1.88. The van der Waals surface area contributed by atoms with Crippen molar-refractivity contribution < 1.29 is 0 Å². The molecule has 0 heteroatoms. The van der Waals surface area contributed by atoms with E-state index in [1.807, 2.05) is 0 Å². The van der Waals surface area contributed by atoms with E-state index >= 15 is 0 Å². The zero-order valence-corrected chi connectivity index (χ0v) is 18.6. The minimum Gasteiger partial charge on any atom is -0.0882 e. The third kappa shape index (κ3) is 25.0. The standard InChI is InChI=1S/C27H48/c1-3-5-7-9-11-13-15-17-19-21-23-25-27-26-24-22-20-18-16-14-12-10-8-6-4-2/h17-20,23-26H,3-16,21-22,27H2,1-2H3/b19-17+,20-18+,25-23+,26-24+. The first-order chi connectivity index (χ1) is 13.4. The maximum absolute atomic E-state index is 2.36. The summed E-state index contributed by atoms with van der Waals surface area (Å²) in [5.74, 6) is 0. The van der Waals surface area contributed by atoms with Crippen LogP contribution in [0.25, 0.3) is 0 Å². The van der Waals surface area contributed by atoms with E-state index in [0.717, 1.165) is 19.3 Å². The summed E-state index contributed by atoms with van der Waals surface area (Å²) < 4.78 is 0. The van der Waals surface area contributed by atoms with Gasteiger partial charge in [-0.15, -0.1) is 0 Å². The van der Waals surface area contributed by atoms with Crippen LogP contribution in [0.1, 0.15) is 123 Å². The third-order valence-corrected chi connectivity index (χ3v) is 4.93. The summed E-state index contributed by atoms with van der Waals surface area (Å²) in [6, 6.07) is 0. The topological polar surface area (TPSA) is 0 Å². The molecule has 156 valence electrons. The van der Waals surface area contributed by atoms with E-state index in [4.69, 9.17) is 0 Å². The lowest BCUT2D eigenvalue weighted by atomic mass is 10.1. The van der Waals surface area contributed by atoms with E-state index in [0.29, 0.717) is 0 Å². The summed E-state index contributed by atoms with van der Waals surface area (Å²) in [7, 11) is 0. The molecule has 0 fully saturated rings. The SMILES string of the molecule is CCCCCCCC/C=C/C/C=C/C/C=C/C/C=C/CCCCCCCC. The first-order valence-corrected chi connectivity index (χ1v) is 12.0. The van der Waals surface area contributed by atoms with Gasteiger partial charge in [-0.3, -0.25) is 0 Å². The van der Waals surface area contributed by atoms with Crippen molar-refractivity contribution in [1.82, 2.24) is 0 Å². The fraction of sp³-hybridized carbons (Fsp3) is 0.704. The Labute approximate surface area is 171 Å². The Hall–Kier alpha value is -1.04. The molecule has 27 heavy (non-hydrogen) atoms. The lowest BCUT2D eigenvalue weighted by Crippen LogP contribution is -1.77. The summed E-state index contributed by atoms with van der Waals surface area (Å²) >= 11 is 0. The predicted molar refractivity (Wildman–Crippen MR) is 126 cm³/mol. The molecular weight excluding hydrogens is 324 g/mol. The van der Waals surface area contributed by atoms with E-state index < -0.39 is 0 Å². The summed E-state index contributed by atoms with van der Waals surface area (Å²) in [4.78, 5) is 0. The van der Waals surface area contributed by atoms with Gasteiger partial charge in [-0.2, -0.15) is 0 Å². The van der Waals surface area contributed by atoms with Crippen LogP contribution in [0.2, 0.25) is 0 Å². The average molecular weight is 373 g/mol. The van der Waals surface area contributed by atoms with E-state index in [1.54, 1.807) is 0 Å². The lowest BCUT2D eigenvalue weighted by Gasteiger charge is -1.97. The number of allylic oxidation sites excluding steroid dienone is 8. The summed E-state index contributed by atoms with van der Waals surface area (Å²) in [5.41, 5.74) is 0. The van der Waals surface area contributed by atoms with Crippen molar-refractivity contribution in [1.29, 1.82) is 0 Å². The summed E-state index contributed by atoms with van der Waals surface area (Å²) in [6.07, 6.45) is 40.9. The highest BCUT2D eigenvalue weighted by atomic mass is 13.9. The molecule has 0 spiro atoms. The van der Waals surface area contributed by atoms with E-state index in [1.165, 1.54) is 89.9 Å². The second kappa shape index (κ2) is 25.0. The normalized spacial score (nSPS) is 12.5. The van der Waals surface area contributed by atoms with Gasteiger partial charge in [-0.05, 0) is 44.9 Å². The van der Waals surface area contributed by atoms with Crippen molar-refractivity contribution in [3.05, 3.63) is 48.6 Å². The highest BCUT2D eigenvalue weighted by molar-refractivity contribution is 4.99. The zero-order valence-electron chi connectivity index (χ0n) is 18.6. The monoisotopic (exact) mass is 372 g/mol. The molecule has 0 aromatic carbocycles. The molecule has 0 aromatic rings. The van der Waals surface area contributed by atoms with Gasteiger partial charge in [0.1, 0.15) is 0 Å². The van der Waals surface area contributed by atoms with Crippen LogP contribution in [0.3, 0.4) is 0 Å². The third-order valence-electron chi connectivity index (χ3n) is 4.93. The van der Waals surface area contributed by atoms with Gasteiger partial charge < -0.3 is 0 Å². The minimum absolute atomic E-state index is 1.07. The molecule has 0 amide bonds. The molecule has 0 unspecified atom stereocenters. The van der Waals surface area contributed by atoms with Gasteiger partial charge >= 0.3 is 0 Å². The first-order valence-electron chi connectivity index (χ1n) is 12.0. The molecule has 0 nitrogen and oxygen atoms in total. The van der Waals surface area contributed by atoms with E-state index in [2.05, 4.69) is 62.5 Å². The maximum atomic E-state index is 2.36. The van der Waals surface area contributed by atoms with Crippen molar-refractivity contribution in [3.63, 3.8) is 0 Å². The first kappa shape index (κ1) is 26.0. The van der Waals surface area contributed by atoms with Crippen LogP contribution < -0.4 is 0 Å². The quantitative estimate of drug-likeness (QED) is 0.147. The fourth-order valence-corrected chi connectivity index (χ4v) is 3.13. The number of rotatable bonds is 20. The Balaban J connectivity index is 3.32. The summed E-state index contributed by atoms with van der Waals surface area (Å²) in [6.45, 7) is 4.56. The molecule has 0 aliphatic heterocycles. The number of hydrogen-bond acceptors (Lipinski definition) is 0. The van der Waals surface area contributed by atoms with Crippen LogP contribution in [-0.2, 0) is 0 Å². The lowest BCUT2D eigenvalue weighted by molar-refractivity contribution is 0.611. The largest absolute Gasteiger partial charge is 0.0882 e. The van der Waals surface area contributed by atoms with Crippen molar-refractivity contribution in [2.75, 3.05) is 0 Å². The highest BCUT2D eigenvalue weighted by Crippen LogP contribution is 2.08. The Kier molecular flexibility index (Phi) is 24.0. The Morgan fingerprint density at radius 3 is 1.00 bits per heavy atom. The average Bonchev–Trinajstić information content (AvgIpc) is 2.68. The molecule has 0 aliphatic rings. The smallest absolute Gasteiger partial charge is 0.0169 e. The van der Waals surface area contributed by atoms with Crippen molar-refractivity contribution in [2.45, 2.75) is 123 Å². The molecule has 0 aromatic heterocycles. The molecule has 0 heterocycles. The zero-order chi connectivity index (χ0) is 19.7. The Morgan fingerprint density at radius 1 is 0.333 bits per heavy atom. The Bertz CT molecular complexity index is 333. The Morgan fingerprint density at radius 2 is 0.630 bits per heavy atom. The molecule has 0 bridgehead atoms.